The summed E-state index contributed by atoms with van der Waals surface area (Å²) in [7, 11) is 1.84. The molecular weight excluding hydrogens is 208 g/mol. The minimum Gasteiger partial charge on any atom is -0.310 e. The molecule has 3 heteroatoms. The Bertz CT molecular complexity index is 412. The Morgan fingerprint density at radius 2 is 2.06 bits per heavy atom. The number of benzene rings is 1. The largest absolute Gasteiger partial charge is 0.310 e. The molecule has 0 aromatic heterocycles. The highest BCUT2D eigenvalue weighted by Crippen LogP contribution is 2.30. The fourth-order valence-electron chi connectivity index (χ4n) is 2.22. The van der Waals surface area contributed by atoms with Crippen LogP contribution in [0, 0.1) is 11.6 Å². The van der Waals surface area contributed by atoms with E-state index >= 15 is 0 Å². The van der Waals surface area contributed by atoms with Gasteiger partial charge in [-0.3, -0.25) is 0 Å². The van der Waals surface area contributed by atoms with Gasteiger partial charge < -0.3 is 5.32 Å². The molecule has 1 unspecified atom stereocenters. The molecule has 0 radical (unpaired) electrons. The summed E-state index contributed by atoms with van der Waals surface area (Å²) in [5.74, 6) is -1.57. The standard InChI is InChI=1S/C13H15F2N/c1-16-13(9-4-2-3-5-9)10-6-7-11(14)12(15)8-10/h4,6-8,13,16H,2-3,5H2,1H3. The van der Waals surface area contributed by atoms with Crippen molar-refractivity contribution in [1.29, 1.82) is 0 Å². The van der Waals surface area contributed by atoms with Crippen molar-refractivity contribution >= 4 is 0 Å². The molecular formula is C13H15F2N. The van der Waals surface area contributed by atoms with E-state index in [1.54, 1.807) is 6.07 Å². The van der Waals surface area contributed by atoms with Crippen LogP contribution in [0.15, 0.2) is 29.8 Å². The number of allylic oxidation sites excluding steroid dienone is 1. The lowest BCUT2D eigenvalue weighted by Crippen LogP contribution is -2.18. The Morgan fingerprint density at radius 1 is 1.25 bits per heavy atom. The van der Waals surface area contributed by atoms with Crippen molar-refractivity contribution in [2.45, 2.75) is 25.3 Å². The van der Waals surface area contributed by atoms with Gasteiger partial charge in [-0.2, -0.15) is 0 Å². The average molecular weight is 223 g/mol. The number of hydrogen-bond donors (Lipinski definition) is 1. The average Bonchev–Trinajstić information content (AvgIpc) is 2.78. The number of rotatable bonds is 3. The first-order valence-electron chi connectivity index (χ1n) is 5.53. The molecule has 1 aliphatic carbocycles. The lowest BCUT2D eigenvalue weighted by molar-refractivity contribution is 0.504. The highest BCUT2D eigenvalue weighted by Gasteiger charge is 2.18. The van der Waals surface area contributed by atoms with Crippen LogP contribution in [0.3, 0.4) is 0 Å². The topological polar surface area (TPSA) is 12.0 Å². The van der Waals surface area contributed by atoms with E-state index in [-0.39, 0.29) is 6.04 Å². The minimum absolute atomic E-state index is 0.0117. The summed E-state index contributed by atoms with van der Waals surface area (Å²) < 4.78 is 26.0. The maximum atomic E-state index is 13.1. The third-order valence-electron chi connectivity index (χ3n) is 3.01. The van der Waals surface area contributed by atoms with Gasteiger partial charge in [0, 0.05) is 0 Å². The van der Waals surface area contributed by atoms with Crippen molar-refractivity contribution in [2.75, 3.05) is 7.05 Å². The summed E-state index contributed by atoms with van der Waals surface area (Å²) in [6, 6.07) is 4.11. The van der Waals surface area contributed by atoms with E-state index < -0.39 is 11.6 Å². The number of likely N-dealkylation sites (N-methyl/N-ethyl adjacent to an activating group) is 1. The quantitative estimate of drug-likeness (QED) is 0.775. The smallest absolute Gasteiger partial charge is 0.159 e. The van der Waals surface area contributed by atoms with Crippen LogP contribution >= 0.6 is 0 Å². The van der Waals surface area contributed by atoms with Crippen molar-refractivity contribution in [3.63, 3.8) is 0 Å². The maximum absolute atomic E-state index is 13.1. The van der Waals surface area contributed by atoms with Gasteiger partial charge in [-0.25, -0.2) is 8.78 Å². The molecule has 0 saturated carbocycles. The zero-order valence-electron chi connectivity index (χ0n) is 9.26. The summed E-state index contributed by atoms with van der Waals surface area (Å²) in [6.45, 7) is 0. The van der Waals surface area contributed by atoms with E-state index in [9.17, 15) is 8.78 Å². The predicted molar refractivity (Wildman–Crippen MR) is 60.1 cm³/mol. The molecule has 0 amide bonds. The second-order valence-corrected chi connectivity index (χ2v) is 4.07. The van der Waals surface area contributed by atoms with Crippen LogP contribution in [0.2, 0.25) is 0 Å². The van der Waals surface area contributed by atoms with Gasteiger partial charge in [0.15, 0.2) is 11.6 Å². The predicted octanol–water partition coefficient (Wildman–Crippen LogP) is 3.34. The molecule has 0 heterocycles. The van der Waals surface area contributed by atoms with Gasteiger partial charge in [-0.15, -0.1) is 0 Å². The summed E-state index contributed by atoms with van der Waals surface area (Å²) in [5.41, 5.74) is 2.06. The molecule has 1 N–H and O–H groups in total. The molecule has 1 aliphatic rings. The Balaban J connectivity index is 2.29. The van der Waals surface area contributed by atoms with Gasteiger partial charge >= 0.3 is 0 Å². The highest BCUT2D eigenvalue weighted by molar-refractivity contribution is 5.30. The van der Waals surface area contributed by atoms with Crippen molar-refractivity contribution in [3.05, 3.63) is 47.0 Å². The molecule has 86 valence electrons. The fraction of sp³-hybridized carbons (Fsp3) is 0.385. The summed E-state index contributed by atoms with van der Waals surface area (Å²) in [6.07, 6.45) is 5.45. The van der Waals surface area contributed by atoms with Gasteiger partial charge in [0.1, 0.15) is 0 Å². The maximum Gasteiger partial charge on any atom is 0.159 e. The van der Waals surface area contributed by atoms with Gasteiger partial charge in [-0.05, 0) is 44.0 Å². The monoisotopic (exact) mass is 223 g/mol. The highest BCUT2D eigenvalue weighted by atomic mass is 19.2. The Labute approximate surface area is 94.2 Å². The Hall–Kier alpha value is -1.22. The molecule has 1 nitrogen and oxygen atoms in total. The zero-order valence-corrected chi connectivity index (χ0v) is 9.26. The molecule has 0 bridgehead atoms. The van der Waals surface area contributed by atoms with Crippen LogP contribution in [0.25, 0.3) is 0 Å². The lowest BCUT2D eigenvalue weighted by Gasteiger charge is -2.18. The molecule has 0 spiro atoms. The number of hydrogen-bond acceptors (Lipinski definition) is 1. The van der Waals surface area contributed by atoms with Crippen LogP contribution in [-0.2, 0) is 0 Å². The van der Waals surface area contributed by atoms with E-state index in [0.29, 0.717) is 0 Å². The molecule has 16 heavy (non-hydrogen) atoms. The van der Waals surface area contributed by atoms with Gasteiger partial charge in [0.25, 0.3) is 0 Å². The molecule has 1 atom stereocenters. The summed E-state index contributed by atoms with van der Waals surface area (Å²) >= 11 is 0. The van der Waals surface area contributed by atoms with E-state index in [0.717, 1.165) is 24.8 Å². The minimum atomic E-state index is -0.793. The van der Waals surface area contributed by atoms with Crippen LogP contribution in [0.4, 0.5) is 8.78 Å². The third kappa shape index (κ3) is 2.14. The third-order valence-corrected chi connectivity index (χ3v) is 3.01. The second kappa shape index (κ2) is 4.74. The Morgan fingerprint density at radius 3 is 2.62 bits per heavy atom. The van der Waals surface area contributed by atoms with Crippen molar-refractivity contribution in [3.8, 4) is 0 Å². The fourth-order valence-corrected chi connectivity index (χ4v) is 2.22. The molecule has 1 aromatic carbocycles. The van der Waals surface area contributed by atoms with Gasteiger partial charge in [0.2, 0.25) is 0 Å². The van der Waals surface area contributed by atoms with Crippen LogP contribution in [0.5, 0.6) is 0 Å². The van der Waals surface area contributed by atoms with Crippen LogP contribution < -0.4 is 5.32 Å². The first-order chi connectivity index (χ1) is 7.72. The normalized spacial score (nSPS) is 17.3. The van der Waals surface area contributed by atoms with E-state index in [2.05, 4.69) is 11.4 Å². The van der Waals surface area contributed by atoms with Crippen LogP contribution in [0.1, 0.15) is 30.9 Å². The second-order valence-electron chi connectivity index (χ2n) is 4.07. The molecule has 0 saturated heterocycles. The van der Waals surface area contributed by atoms with Crippen molar-refractivity contribution < 1.29 is 8.78 Å². The number of halogens is 2. The van der Waals surface area contributed by atoms with E-state index in [4.69, 9.17) is 0 Å². The summed E-state index contributed by atoms with van der Waals surface area (Å²) in [5, 5.41) is 3.15. The van der Waals surface area contributed by atoms with E-state index in [1.165, 1.54) is 17.7 Å². The van der Waals surface area contributed by atoms with E-state index in [1.807, 2.05) is 7.05 Å². The van der Waals surface area contributed by atoms with Crippen molar-refractivity contribution in [1.82, 2.24) is 5.32 Å². The summed E-state index contributed by atoms with van der Waals surface area (Å²) in [4.78, 5) is 0. The van der Waals surface area contributed by atoms with Crippen LogP contribution in [-0.4, -0.2) is 7.05 Å². The SMILES string of the molecule is CNC(C1=CCCC1)c1ccc(F)c(F)c1. The Kier molecular flexibility index (Phi) is 3.34. The first-order valence-corrected chi connectivity index (χ1v) is 5.53. The first kappa shape index (κ1) is 11.3. The molecule has 2 rings (SSSR count). The molecule has 1 aromatic rings. The molecule has 0 aliphatic heterocycles. The molecule has 0 fully saturated rings. The zero-order chi connectivity index (χ0) is 11.5. The lowest BCUT2D eigenvalue weighted by atomic mass is 9.98. The number of nitrogens with one attached hydrogen (secondary N) is 1. The van der Waals surface area contributed by atoms with Gasteiger partial charge in [-0.1, -0.05) is 17.7 Å². The van der Waals surface area contributed by atoms with Crippen molar-refractivity contribution in [2.24, 2.45) is 0 Å². The van der Waals surface area contributed by atoms with Gasteiger partial charge in [0.05, 0.1) is 6.04 Å².